The largest absolute Gasteiger partial charge is 0.398 e. The van der Waals surface area contributed by atoms with Crippen LogP contribution in [-0.2, 0) is 12.8 Å². The molecular weight excluding hydrogens is 232 g/mol. The quantitative estimate of drug-likeness (QED) is 0.843. The van der Waals surface area contributed by atoms with Crippen molar-refractivity contribution in [1.82, 2.24) is 4.98 Å². The Hall–Kier alpha value is -1.54. The molecule has 1 heterocycles. The Labute approximate surface area is 106 Å². The van der Waals surface area contributed by atoms with E-state index in [0.29, 0.717) is 5.02 Å². The van der Waals surface area contributed by atoms with Crippen LogP contribution in [0, 0.1) is 0 Å². The average molecular weight is 247 g/mol. The maximum atomic E-state index is 5.95. The first-order chi connectivity index (χ1) is 8.19. The second kappa shape index (κ2) is 5.19. The van der Waals surface area contributed by atoms with Crippen molar-refractivity contribution in [2.45, 2.75) is 19.8 Å². The molecule has 2 aromatic rings. The summed E-state index contributed by atoms with van der Waals surface area (Å²) in [4.78, 5) is 4.42. The Kier molecular flexibility index (Phi) is 3.64. The van der Waals surface area contributed by atoms with Gasteiger partial charge in [-0.2, -0.15) is 0 Å². The van der Waals surface area contributed by atoms with Gasteiger partial charge >= 0.3 is 0 Å². The highest BCUT2D eigenvalue weighted by atomic mass is 35.5. The molecule has 0 bridgehead atoms. The van der Waals surface area contributed by atoms with Crippen LogP contribution >= 0.6 is 11.6 Å². The number of halogens is 1. The molecule has 88 valence electrons. The van der Waals surface area contributed by atoms with Gasteiger partial charge in [-0.25, -0.2) is 0 Å². The minimum absolute atomic E-state index is 0.708. The van der Waals surface area contributed by atoms with Crippen LogP contribution in [0.25, 0.3) is 0 Å². The van der Waals surface area contributed by atoms with Gasteiger partial charge in [-0.1, -0.05) is 24.6 Å². The molecule has 0 aliphatic heterocycles. The number of nitrogen functional groups attached to an aromatic ring is 1. The van der Waals surface area contributed by atoms with E-state index in [4.69, 9.17) is 17.3 Å². The Balaban J connectivity index is 2.22. The number of benzene rings is 1. The molecule has 0 saturated heterocycles. The zero-order chi connectivity index (χ0) is 12.3. The van der Waals surface area contributed by atoms with E-state index >= 15 is 0 Å². The molecule has 1 aromatic carbocycles. The van der Waals surface area contributed by atoms with Gasteiger partial charge in [-0.15, -0.1) is 0 Å². The van der Waals surface area contributed by atoms with E-state index in [9.17, 15) is 0 Å². The third-order valence-corrected chi connectivity index (χ3v) is 3.01. The number of hydrogen-bond donors (Lipinski definition) is 1. The predicted molar refractivity (Wildman–Crippen MR) is 72.3 cm³/mol. The first-order valence-electron chi connectivity index (χ1n) is 5.66. The van der Waals surface area contributed by atoms with E-state index in [2.05, 4.69) is 18.0 Å². The lowest BCUT2D eigenvalue weighted by molar-refractivity contribution is 1.03. The number of aromatic nitrogens is 1. The molecule has 17 heavy (non-hydrogen) atoms. The second-order valence-electron chi connectivity index (χ2n) is 4.03. The molecule has 0 aliphatic carbocycles. The highest BCUT2D eigenvalue weighted by Crippen LogP contribution is 2.20. The van der Waals surface area contributed by atoms with Crippen LogP contribution < -0.4 is 5.73 Å². The lowest BCUT2D eigenvalue weighted by Gasteiger charge is -2.06. The van der Waals surface area contributed by atoms with Crippen LogP contribution in [0.5, 0.6) is 0 Å². The van der Waals surface area contributed by atoms with Crippen molar-refractivity contribution in [3.63, 3.8) is 0 Å². The number of pyridine rings is 1. The SMILES string of the molecule is CCc1ccc(Cc2cc(Cl)ccc2N)nc1. The molecule has 0 radical (unpaired) electrons. The van der Waals surface area contributed by atoms with Gasteiger partial charge in [0.15, 0.2) is 0 Å². The lowest BCUT2D eigenvalue weighted by Crippen LogP contribution is -1.98. The molecule has 2 N–H and O–H groups in total. The van der Waals surface area contributed by atoms with Crippen LogP contribution in [0.1, 0.15) is 23.7 Å². The predicted octanol–water partition coefficient (Wildman–Crippen LogP) is 3.47. The van der Waals surface area contributed by atoms with E-state index in [0.717, 1.165) is 29.8 Å². The van der Waals surface area contributed by atoms with Gasteiger partial charge in [0.05, 0.1) is 0 Å². The van der Waals surface area contributed by atoms with E-state index in [1.54, 1.807) is 6.07 Å². The minimum Gasteiger partial charge on any atom is -0.398 e. The lowest BCUT2D eigenvalue weighted by atomic mass is 10.1. The van der Waals surface area contributed by atoms with Gasteiger partial charge in [0.1, 0.15) is 0 Å². The third kappa shape index (κ3) is 2.98. The summed E-state index contributed by atoms with van der Waals surface area (Å²) in [7, 11) is 0. The van der Waals surface area contributed by atoms with E-state index in [1.165, 1.54) is 5.56 Å². The summed E-state index contributed by atoms with van der Waals surface area (Å²) in [6.45, 7) is 2.12. The number of rotatable bonds is 3. The second-order valence-corrected chi connectivity index (χ2v) is 4.47. The summed E-state index contributed by atoms with van der Waals surface area (Å²) in [5, 5.41) is 0.708. The molecule has 3 heteroatoms. The average Bonchev–Trinajstić information content (AvgIpc) is 2.35. The van der Waals surface area contributed by atoms with Gasteiger partial charge in [0, 0.05) is 29.0 Å². The first kappa shape index (κ1) is 11.9. The van der Waals surface area contributed by atoms with Gasteiger partial charge < -0.3 is 5.73 Å². The van der Waals surface area contributed by atoms with E-state index in [-0.39, 0.29) is 0 Å². The Morgan fingerprint density at radius 1 is 1.24 bits per heavy atom. The van der Waals surface area contributed by atoms with Crippen molar-refractivity contribution in [3.8, 4) is 0 Å². The van der Waals surface area contributed by atoms with Crippen molar-refractivity contribution in [3.05, 3.63) is 58.4 Å². The van der Waals surface area contributed by atoms with Crippen molar-refractivity contribution in [2.75, 3.05) is 5.73 Å². The summed E-state index contributed by atoms with van der Waals surface area (Å²) in [6, 6.07) is 9.67. The number of aryl methyl sites for hydroxylation is 1. The molecule has 2 nitrogen and oxygen atoms in total. The van der Waals surface area contributed by atoms with E-state index in [1.807, 2.05) is 24.4 Å². The molecule has 0 amide bonds. The molecular formula is C14H15ClN2. The zero-order valence-corrected chi connectivity index (χ0v) is 10.5. The smallest absolute Gasteiger partial charge is 0.0448 e. The molecule has 0 unspecified atom stereocenters. The molecule has 0 aliphatic rings. The molecule has 0 fully saturated rings. The van der Waals surface area contributed by atoms with E-state index < -0.39 is 0 Å². The Bertz CT molecular complexity index is 506. The van der Waals surface area contributed by atoms with Crippen molar-refractivity contribution in [1.29, 1.82) is 0 Å². The van der Waals surface area contributed by atoms with Crippen molar-refractivity contribution >= 4 is 17.3 Å². The number of nitrogens with zero attached hydrogens (tertiary/aromatic N) is 1. The number of anilines is 1. The molecule has 0 spiro atoms. The molecule has 2 rings (SSSR count). The number of hydrogen-bond acceptors (Lipinski definition) is 2. The van der Waals surface area contributed by atoms with Gasteiger partial charge in [-0.3, -0.25) is 4.98 Å². The first-order valence-corrected chi connectivity index (χ1v) is 6.04. The number of nitrogens with two attached hydrogens (primary N) is 1. The molecule has 0 saturated carbocycles. The topological polar surface area (TPSA) is 38.9 Å². The summed E-state index contributed by atoms with van der Waals surface area (Å²) in [5.41, 5.74) is 9.94. The summed E-state index contributed by atoms with van der Waals surface area (Å²) >= 11 is 5.95. The minimum atomic E-state index is 0.708. The zero-order valence-electron chi connectivity index (χ0n) is 9.78. The van der Waals surface area contributed by atoms with Crippen LogP contribution in [0.4, 0.5) is 5.69 Å². The fourth-order valence-corrected chi connectivity index (χ4v) is 1.89. The monoisotopic (exact) mass is 246 g/mol. The fourth-order valence-electron chi connectivity index (χ4n) is 1.69. The summed E-state index contributed by atoms with van der Waals surface area (Å²) < 4.78 is 0. The Morgan fingerprint density at radius 3 is 2.71 bits per heavy atom. The fraction of sp³-hybridized carbons (Fsp3) is 0.214. The van der Waals surface area contributed by atoms with Crippen LogP contribution in [0.2, 0.25) is 5.02 Å². The maximum absolute atomic E-state index is 5.95. The van der Waals surface area contributed by atoms with Gasteiger partial charge in [0.25, 0.3) is 0 Å². The third-order valence-electron chi connectivity index (χ3n) is 2.77. The van der Waals surface area contributed by atoms with Crippen molar-refractivity contribution in [2.24, 2.45) is 0 Å². The van der Waals surface area contributed by atoms with Crippen molar-refractivity contribution < 1.29 is 0 Å². The van der Waals surface area contributed by atoms with Gasteiger partial charge in [-0.05, 0) is 41.8 Å². The highest BCUT2D eigenvalue weighted by Gasteiger charge is 2.03. The molecule has 0 atom stereocenters. The highest BCUT2D eigenvalue weighted by molar-refractivity contribution is 6.30. The Morgan fingerprint density at radius 2 is 2.06 bits per heavy atom. The molecule has 1 aromatic heterocycles. The standard InChI is InChI=1S/C14H15ClN2/c1-2-10-3-5-13(17-9-10)8-11-7-12(15)4-6-14(11)16/h3-7,9H,2,8,16H2,1H3. The maximum Gasteiger partial charge on any atom is 0.0448 e. The van der Waals surface area contributed by atoms with Crippen LogP contribution in [-0.4, -0.2) is 4.98 Å². The summed E-state index contributed by atoms with van der Waals surface area (Å²) in [5.74, 6) is 0. The van der Waals surface area contributed by atoms with Crippen LogP contribution in [0.3, 0.4) is 0 Å². The summed E-state index contributed by atoms with van der Waals surface area (Å²) in [6.07, 6.45) is 3.64. The van der Waals surface area contributed by atoms with Crippen LogP contribution in [0.15, 0.2) is 36.5 Å². The van der Waals surface area contributed by atoms with Gasteiger partial charge in [0.2, 0.25) is 0 Å². The normalized spacial score (nSPS) is 10.5.